The molecular formula is C16H21BN2O3. The second kappa shape index (κ2) is 6.11. The minimum atomic E-state index is -0.430. The van der Waals surface area contributed by atoms with E-state index in [1.807, 2.05) is 45.9 Å². The predicted octanol–water partition coefficient (Wildman–Crippen LogP) is 1.63. The minimum absolute atomic E-state index is 0.185. The molecule has 1 fully saturated rings. The van der Waals surface area contributed by atoms with Crippen LogP contribution in [0, 0.1) is 11.3 Å². The molecule has 0 saturated carbocycles. The van der Waals surface area contributed by atoms with Crippen molar-refractivity contribution in [2.45, 2.75) is 45.3 Å². The van der Waals surface area contributed by atoms with Gasteiger partial charge in [0.2, 0.25) is 0 Å². The fourth-order valence-electron chi connectivity index (χ4n) is 2.10. The van der Waals surface area contributed by atoms with Gasteiger partial charge < -0.3 is 14.6 Å². The maximum Gasteiger partial charge on any atom is 0.494 e. The van der Waals surface area contributed by atoms with Crippen LogP contribution in [-0.2, 0) is 9.31 Å². The number of rotatable bonds is 4. The van der Waals surface area contributed by atoms with Gasteiger partial charge in [0.05, 0.1) is 23.7 Å². The zero-order valence-corrected chi connectivity index (χ0v) is 13.5. The van der Waals surface area contributed by atoms with Crippen LogP contribution >= 0.6 is 0 Å². The lowest BCUT2D eigenvalue weighted by molar-refractivity contribution is 0.00578. The highest BCUT2D eigenvalue weighted by Crippen LogP contribution is 2.36. The van der Waals surface area contributed by atoms with Crippen LogP contribution in [-0.4, -0.2) is 30.8 Å². The summed E-state index contributed by atoms with van der Waals surface area (Å²) < 4.78 is 11.9. The standard InChI is InChI=1S/C16H21BN2O3/c1-15(2)16(3,4)22-17(21-15)13-8-6-12(7-9-13)14(20)19-11-5-10-18/h6-9H,5,11H2,1-4H3,(H,19,20). The molecule has 1 saturated heterocycles. The Kier molecular flexibility index (Phi) is 4.59. The molecule has 0 unspecified atom stereocenters. The molecule has 1 aliphatic rings. The van der Waals surface area contributed by atoms with Gasteiger partial charge in [-0.25, -0.2) is 0 Å². The molecule has 1 N–H and O–H groups in total. The van der Waals surface area contributed by atoms with Crippen molar-refractivity contribution < 1.29 is 14.1 Å². The molecule has 0 spiro atoms. The molecular weight excluding hydrogens is 279 g/mol. The lowest BCUT2D eigenvalue weighted by Gasteiger charge is -2.32. The molecule has 1 amide bonds. The third-order valence-electron chi connectivity index (χ3n) is 4.22. The SMILES string of the molecule is CC1(C)OB(c2ccc(C(=O)NCCC#N)cc2)OC1(C)C. The molecule has 2 rings (SSSR count). The highest BCUT2D eigenvalue weighted by molar-refractivity contribution is 6.62. The number of benzene rings is 1. The van der Waals surface area contributed by atoms with Gasteiger partial charge in [0, 0.05) is 12.1 Å². The first-order valence-corrected chi connectivity index (χ1v) is 7.37. The van der Waals surface area contributed by atoms with Crippen LogP contribution in [0.2, 0.25) is 0 Å². The molecule has 1 aromatic carbocycles. The maximum absolute atomic E-state index is 11.9. The molecule has 1 aromatic rings. The molecule has 1 aliphatic heterocycles. The van der Waals surface area contributed by atoms with E-state index in [1.54, 1.807) is 12.1 Å². The zero-order chi connectivity index (χ0) is 16.4. The van der Waals surface area contributed by atoms with Crippen LogP contribution < -0.4 is 10.8 Å². The molecule has 1 heterocycles. The van der Waals surface area contributed by atoms with E-state index in [0.29, 0.717) is 18.5 Å². The number of carbonyl (C=O) groups is 1. The van der Waals surface area contributed by atoms with E-state index in [2.05, 4.69) is 5.32 Å². The normalized spacial score (nSPS) is 18.8. The monoisotopic (exact) mass is 300 g/mol. The highest BCUT2D eigenvalue weighted by Gasteiger charge is 2.51. The van der Waals surface area contributed by atoms with Gasteiger partial charge in [-0.3, -0.25) is 4.79 Å². The smallest absolute Gasteiger partial charge is 0.399 e. The van der Waals surface area contributed by atoms with Crippen molar-refractivity contribution in [2.75, 3.05) is 6.54 Å². The van der Waals surface area contributed by atoms with Gasteiger partial charge in [-0.1, -0.05) is 12.1 Å². The van der Waals surface area contributed by atoms with Gasteiger partial charge in [-0.15, -0.1) is 0 Å². The van der Waals surface area contributed by atoms with Gasteiger partial charge in [0.25, 0.3) is 5.91 Å². The Hall–Kier alpha value is -1.84. The summed E-state index contributed by atoms with van der Waals surface area (Å²) in [6.45, 7) is 8.37. The van der Waals surface area contributed by atoms with Crippen molar-refractivity contribution >= 4 is 18.5 Å². The molecule has 0 aromatic heterocycles. The van der Waals surface area contributed by atoms with E-state index in [9.17, 15) is 4.79 Å². The topological polar surface area (TPSA) is 71.3 Å². The van der Waals surface area contributed by atoms with Crippen molar-refractivity contribution in [3.8, 4) is 6.07 Å². The highest BCUT2D eigenvalue weighted by atomic mass is 16.7. The fraction of sp³-hybridized carbons (Fsp3) is 0.500. The molecule has 0 radical (unpaired) electrons. The number of nitrogens with zero attached hydrogens (tertiary/aromatic N) is 1. The molecule has 0 atom stereocenters. The summed E-state index contributed by atoms with van der Waals surface area (Å²) in [7, 11) is -0.430. The summed E-state index contributed by atoms with van der Waals surface area (Å²) in [5.74, 6) is -0.185. The second-order valence-corrected chi connectivity index (χ2v) is 6.37. The van der Waals surface area contributed by atoms with Crippen molar-refractivity contribution in [3.05, 3.63) is 29.8 Å². The summed E-state index contributed by atoms with van der Waals surface area (Å²) in [5, 5.41) is 11.2. The van der Waals surface area contributed by atoms with Crippen LogP contribution in [0.4, 0.5) is 0 Å². The van der Waals surface area contributed by atoms with Gasteiger partial charge in [0.15, 0.2) is 0 Å². The van der Waals surface area contributed by atoms with Crippen molar-refractivity contribution in [3.63, 3.8) is 0 Å². The number of nitrogens with one attached hydrogen (secondary N) is 1. The van der Waals surface area contributed by atoms with Gasteiger partial charge in [-0.2, -0.15) is 5.26 Å². The van der Waals surface area contributed by atoms with E-state index in [1.165, 1.54) is 0 Å². The van der Waals surface area contributed by atoms with E-state index < -0.39 is 7.12 Å². The Bertz CT molecular complexity index is 574. The molecule has 5 nitrogen and oxygen atoms in total. The van der Waals surface area contributed by atoms with Gasteiger partial charge >= 0.3 is 7.12 Å². The molecule has 0 aliphatic carbocycles. The Morgan fingerprint density at radius 2 is 1.73 bits per heavy atom. The van der Waals surface area contributed by atoms with Gasteiger partial charge in [0.1, 0.15) is 0 Å². The summed E-state index contributed by atoms with van der Waals surface area (Å²) in [6, 6.07) is 9.13. The largest absolute Gasteiger partial charge is 0.494 e. The number of nitriles is 1. The fourth-order valence-corrected chi connectivity index (χ4v) is 2.10. The summed E-state index contributed by atoms with van der Waals surface area (Å²) in [5.41, 5.74) is 0.668. The van der Waals surface area contributed by atoms with Crippen molar-refractivity contribution in [1.29, 1.82) is 5.26 Å². The van der Waals surface area contributed by atoms with Crippen LogP contribution in [0.25, 0.3) is 0 Å². The van der Waals surface area contributed by atoms with E-state index in [-0.39, 0.29) is 17.1 Å². The minimum Gasteiger partial charge on any atom is -0.399 e. The predicted molar refractivity (Wildman–Crippen MR) is 84.7 cm³/mol. The first kappa shape index (κ1) is 16.5. The molecule has 22 heavy (non-hydrogen) atoms. The Morgan fingerprint density at radius 1 is 1.18 bits per heavy atom. The third kappa shape index (κ3) is 3.32. The number of hydrogen-bond donors (Lipinski definition) is 1. The van der Waals surface area contributed by atoms with E-state index in [0.717, 1.165) is 5.46 Å². The van der Waals surface area contributed by atoms with Crippen LogP contribution in [0.15, 0.2) is 24.3 Å². The summed E-state index contributed by atoms with van der Waals surface area (Å²) in [6.07, 6.45) is 0.303. The Labute approximate surface area is 131 Å². The quantitative estimate of drug-likeness (QED) is 0.677. The van der Waals surface area contributed by atoms with Crippen LogP contribution in [0.1, 0.15) is 44.5 Å². The molecule has 6 heteroatoms. The van der Waals surface area contributed by atoms with Crippen molar-refractivity contribution in [1.82, 2.24) is 5.32 Å². The lowest BCUT2D eigenvalue weighted by Crippen LogP contribution is -2.41. The first-order valence-electron chi connectivity index (χ1n) is 7.37. The van der Waals surface area contributed by atoms with E-state index >= 15 is 0 Å². The van der Waals surface area contributed by atoms with Crippen molar-refractivity contribution in [2.24, 2.45) is 0 Å². The average Bonchev–Trinajstić information content (AvgIpc) is 2.68. The summed E-state index contributed by atoms with van der Waals surface area (Å²) in [4.78, 5) is 11.9. The van der Waals surface area contributed by atoms with E-state index in [4.69, 9.17) is 14.6 Å². The number of carbonyl (C=O) groups excluding carboxylic acids is 1. The molecule has 116 valence electrons. The van der Waals surface area contributed by atoms with Crippen LogP contribution in [0.5, 0.6) is 0 Å². The first-order chi connectivity index (χ1) is 10.3. The lowest BCUT2D eigenvalue weighted by atomic mass is 9.79. The second-order valence-electron chi connectivity index (χ2n) is 6.37. The Morgan fingerprint density at radius 3 is 2.23 bits per heavy atom. The Balaban J connectivity index is 2.04. The summed E-state index contributed by atoms with van der Waals surface area (Å²) >= 11 is 0. The maximum atomic E-state index is 11.9. The number of hydrogen-bond acceptors (Lipinski definition) is 4. The third-order valence-corrected chi connectivity index (χ3v) is 4.22. The van der Waals surface area contributed by atoms with Crippen LogP contribution in [0.3, 0.4) is 0 Å². The molecule has 0 bridgehead atoms. The number of amides is 1. The zero-order valence-electron chi connectivity index (χ0n) is 13.5. The van der Waals surface area contributed by atoms with Gasteiger partial charge in [-0.05, 0) is 45.3 Å². The average molecular weight is 300 g/mol.